The second-order valence-electron chi connectivity index (χ2n) is 5.14. The Morgan fingerprint density at radius 3 is 2.70 bits per heavy atom. The fourth-order valence-corrected chi connectivity index (χ4v) is 2.50. The van der Waals surface area contributed by atoms with Gasteiger partial charge in [-0.1, -0.05) is 17.7 Å². The second-order valence-corrected chi connectivity index (χ2v) is 6.08. The van der Waals surface area contributed by atoms with Gasteiger partial charge in [0.15, 0.2) is 0 Å². The average Bonchev–Trinajstić information content (AvgIpc) is 2.93. The standard InChI is InChI=1S/C16H18N2O4S/c1-10-3-5-13(6-4-10)22-8-15-18-12(9-23-15)7-14(19)17-11(2)16(20)21/h3-6,9,11H,7-8H2,1-2H3,(H,17,19)(H,20,21)/t11-/m1/s1. The van der Waals surface area contributed by atoms with E-state index < -0.39 is 12.0 Å². The van der Waals surface area contributed by atoms with Crippen LogP contribution in [0.15, 0.2) is 29.6 Å². The smallest absolute Gasteiger partial charge is 0.325 e. The molecule has 0 aliphatic rings. The first-order valence-corrected chi connectivity index (χ1v) is 7.97. The highest BCUT2D eigenvalue weighted by Gasteiger charge is 2.15. The predicted molar refractivity (Wildman–Crippen MR) is 86.6 cm³/mol. The van der Waals surface area contributed by atoms with Crippen LogP contribution in [0.4, 0.5) is 0 Å². The highest BCUT2D eigenvalue weighted by atomic mass is 32.1. The number of rotatable bonds is 7. The molecular weight excluding hydrogens is 316 g/mol. The van der Waals surface area contributed by atoms with Crippen LogP contribution in [0.2, 0.25) is 0 Å². The molecule has 0 radical (unpaired) electrons. The Bertz CT molecular complexity index is 682. The zero-order valence-corrected chi connectivity index (χ0v) is 13.7. The molecule has 0 unspecified atom stereocenters. The van der Waals surface area contributed by atoms with E-state index in [2.05, 4.69) is 10.3 Å². The Balaban J connectivity index is 1.84. The first kappa shape index (κ1) is 17.0. The van der Waals surface area contributed by atoms with E-state index in [-0.39, 0.29) is 12.3 Å². The van der Waals surface area contributed by atoms with Crippen molar-refractivity contribution in [1.29, 1.82) is 0 Å². The van der Waals surface area contributed by atoms with Crippen molar-refractivity contribution >= 4 is 23.2 Å². The molecular formula is C16H18N2O4S. The molecule has 1 aromatic carbocycles. The Morgan fingerprint density at radius 2 is 2.04 bits per heavy atom. The summed E-state index contributed by atoms with van der Waals surface area (Å²) < 4.78 is 5.63. The van der Waals surface area contributed by atoms with Crippen LogP contribution in [-0.2, 0) is 22.6 Å². The average molecular weight is 334 g/mol. The minimum atomic E-state index is -1.07. The molecule has 0 saturated heterocycles. The number of thiazole rings is 1. The van der Waals surface area contributed by atoms with Crippen molar-refractivity contribution in [2.75, 3.05) is 0 Å². The summed E-state index contributed by atoms with van der Waals surface area (Å²) in [5.41, 5.74) is 1.77. The highest BCUT2D eigenvalue weighted by molar-refractivity contribution is 7.09. The number of aromatic nitrogens is 1. The van der Waals surface area contributed by atoms with E-state index in [1.165, 1.54) is 18.3 Å². The lowest BCUT2D eigenvalue weighted by molar-refractivity contribution is -0.141. The van der Waals surface area contributed by atoms with Gasteiger partial charge in [-0.15, -0.1) is 11.3 Å². The van der Waals surface area contributed by atoms with Gasteiger partial charge in [0.25, 0.3) is 0 Å². The number of carboxylic acid groups (broad SMARTS) is 1. The van der Waals surface area contributed by atoms with E-state index in [4.69, 9.17) is 9.84 Å². The number of amides is 1. The molecule has 6 nitrogen and oxygen atoms in total. The molecule has 0 aliphatic carbocycles. The van der Waals surface area contributed by atoms with Crippen LogP contribution in [0.1, 0.15) is 23.2 Å². The quantitative estimate of drug-likeness (QED) is 0.810. The summed E-state index contributed by atoms with van der Waals surface area (Å²) in [6.45, 7) is 3.76. The number of nitrogens with one attached hydrogen (secondary N) is 1. The van der Waals surface area contributed by atoms with Crippen LogP contribution in [0.3, 0.4) is 0 Å². The summed E-state index contributed by atoms with van der Waals surface area (Å²) >= 11 is 1.41. The van der Waals surface area contributed by atoms with Crippen molar-refractivity contribution in [3.05, 3.63) is 45.9 Å². The number of hydrogen-bond donors (Lipinski definition) is 2. The van der Waals surface area contributed by atoms with Gasteiger partial charge >= 0.3 is 5.97 Å². The van der Waals surface area contributed by atoms with Crippen molar-refractivity contribution in [1.82, 2.24) is 10.3 Å². The number of carboxylic acids is 1. The first-order valence-electron chi connectivity index (χ1n) is 7.09. The van der Waals surface area contributed by atoms with Crippen LogP contribution in [0.25, 0.3) is 0 Å². The number of nitrogens with zero attached hydrogens (tertiary/aromatic N) is 1. The summed E-state index contributed by atoms with van der Waals surface area (Å²) in [4.78, 5) is 26.7. The van der Waals surface area contributed by atoms with E-state index >= 15 is 0 Å². The molecule has 2 aromatic rings. The summed E-state index contributed by atoms with van der Waals surface area (Å²) in [6, 6.07) is 6.81. The molecule has 0 saturated carbocycles. The molecule has 0 aliphatic heterocycles. The molecule has 7 heteroatoms. The van der Waals surface area contributed by atoms with Crippen LogP contribution in [-0.4, -0.2) is 28.0 Å². The van der Waals surface area contributed by atoms with Gasteiger partial charge in [-0.2, -0.15) is 0 Å². The third-order valence-electron chi connectivity index (χ3n) is 3.07. The van der Waals surface area contributed by atoms with Crippen molar-refractivity contribution in [2.45, 2.75) is 32.9 Å². The van der Waals surface area contributed by atoms with Gasteiger partial charge in [-0.05, 0) is 26.0 Å². The number of benzene rings is 1. The highest BCUT2D eigenvalue weighted by Crippen LogP contribution is 2.16. The lowest BCUT2D eigenvalue weighted by atomic mass is 10.2. The van der Waals surface area contributed by atoms with Gasteiger partial charge in [0.1, 0.15) is 23.4 Å². The fourth-order valence-electron chi connectivity index (χ4n) is 1.79. The van der Waals surface area contributed by atoms with E-state index in [1.807, 2.05) is 31.2 Å². The van der Waals surface area contributed by atoms with Crippen molar-refractivity contribution in [2.24, 2.45) is 0 Å². The molecule has 1 amide bonds. The lowest BCUT2D eigenvalue weighted by Crippen LogP contribution is -2.39. The van der Waals surface area contributed by atoms with Gasteiger partial charge in [0, 0.05) is 5.38 Å². The maximum absolute atomic E-state index is 11.7. The minimum absolute atomic E-state index is 0.0542. The molecule has 1 heterocycles. The van der Waals surface area contributed by atoms with Crippen molar-refractivity contribution < 1.29 is 19.4 Å². The Hall–Kier alpha value is -2.41. The lowest BCUT2D eigenvalue weighted by Gasteiger charge is -2.07. The maximum Gasteiger partial charge on any atom is 0.325 e. The molecule has 122 valence electrons. The maximum atomic E-state index is 11.7. The van der Waals surface area contributed by atoms with E-state index in [9.17, 15) is 9.59 Å². The van der Waals surface area contributed by atoms with Crippen LogP contribution in [0.5, 0.6) is 5.75 Å². The van der Waals surface area contributed by atoms with E-state index in [0.29, 0.717) is 12.3 Å². The van der Waals surface area contributed by atoms with Crippen molar-refractivity contribution in [3.63, 3.8) is 0 Å². The van der Waals surface area contributed by atoms with Crippen LogP contribution in [0, 0.1) is 6.92 Å². The Kier molecular flexibility index (Phi) is 5.70. The topological polar surface area (TPSA) is 88.5 Å². The largest absolute Gasteiger partial charge is 0.486 e. The number of aliphatic carboxylic acids is 1. The number of hydrogen-bond acceptors (Lipinski definition) is 5. The molecule has 1 atom stereocenters. The molecule has 2 rings (SSSR count). The monoisotopic (exact) mass is 334 g/mol. The summed E-state index contributed by atoms with van der Waals surface area (Å²) in [5.74, 6) is -0.666. The summed E-state index contributed by atoms with van der Waals surface area (Å²) in [7, 11) is 0. The van der Waals surface area contributed by atoms with Gasteiger partial charge < -0.3 is 15.2 Å². The summed E-state index contributed by atoms with van der Waals surface area (Å²) in [6.07, 6.45) is 0.0542. The Labute approximate surface area is 138 Å². The zero-order chi connectivity index (χ0) is 16.8. The third kappa shape index (κ3) is 5.37. The van der Waals surface area contributed by atoms with E-state index in [1.54, 1.807) is 5.38 Å². The fraction of sp³-hybridized carbons (Fsp3) is 0.312. The van der Waals surface area contributed by atoms with Crippen LogP contribution < -0.4 is 10.1 Å². The van der Waals surface area contributed by atoms with Crippen LogP contribution >= 0.6 is 11.3 Å². The molecule has 1 aromatic heterocycles. The number of aryl methyl sites for hydroxylation is 1. The van der Waals surface area contributed by atoms with Gasteiger partial charge in [0.2, 0.25) is 5.91 Å². The molecule has 2 N–H and O–H groups in total. The summed E-state index contributed by atoms with van der Waals surface area (Å²) in [5, 5.41) is 13.7. The molecule has 0 spiro atoms. The van der Waals surface area contributed by atoms with Gasteiger partial charge in [0.05, 0.1) is 12.1 Å². The Morgan fingerprint density at radius 1 is 1.35 bits per heavy atom. The molecule has 0 fully saturated rings. The molecule has 23 heavy (non-hydrogen) atoms. The molecule has 0 bridgehead atoms. The first-order chi connectivity index (χ1) is 10.9. The third-order valence-corrected chi connectivity index (χ3v) is 3.94. The predicted octanol–water partition coefficient (Wildman–Crippen LogP) is 2.16. The van der Waals surface area contributed by atoms with E-state index in [0.717, 1.165) is 16.3 Å². The van der Waals surface area contributed by atoms with Crippen molar-refractivity contribution in [3.8, 4) is 5.75 Å². The second kappa shape index (κ2) is 7.73. The number of carbonyl (C=O) groups is 2. The minimum Gasteiger partial charge on any atom is -0.486 e. The SMILES string of the molecule is Cc1ccc(OCc2nc(CC(=O)N[C@H](C)C(=O)O)cs2)cc1. The zero-order valence-electron chi connectivity index (χ0n) is 12.9. The number of carbonyl (C=O) groups excluding carboxylic acids is 1. The normalized spacial score (nSPS) is 11.7. The number of ether oxygens (including phenoxy) is 1. The van der Waals surface area contributed by atoms with Gasteiger partial charge in [-0.3, -0.25) is 9.59 Å². The van der Waals surface area contributed by atoms with Gasteiger partial charge in [-0.25, -0.2) is 4.98 Å².